The molecule has 1 aliphatic carbocycles. The zero-order chi connectivity index (χ0) is 19.5. The Morgan fingerprint density at radius 1 is 1.43 bits per heavy atom. The van der Waals surface area contributed by atoms with E-state index in [1.165, 1.54) is 23.7 Å². The van der Waals surface area contributed by atoms with Crippen LogP contribution in [-0.4, -0.2) is 36.1 Å². The van der Waals surface area contributed by atoms with Gasteiger partial charge >= 0.3 is 6.09 Å². The molecule has 2 aromatic rings. The molecule has 4 rings (SSSR count). The lowest BCUT2D eigenvalue weighted by Gasteiger charge is -2.32. The third kappa shape index (κ3) is 3.80. The van der Waals surface area contributed by atoms with E-state index >= 15 is 0 Å². The van der Waals surface area contributed by atoms with E-state index in [9.17, 15) is 14.9 Å². The van der Waals surface area contributed by atoms with Gasteiger partial charge in [-0.15, -0.1) is 11.3 Å². The zero-order valence-corrected chi connectivity index (χ0v) is 16.0. The van der Waals surface area contributed by atoms with Gasteiger partial charge in [-0.2, -0.15) is 5.26 Å². The molecule has 0 spiro atoms. The lowest BCUT2D eigenvalue weighted by atomic mass is 9.94. The number of nitriles is 1. The summed E-state index contributed by atoms with van der Waals surface area (Å²) in [4.78, 5) is 26.9. The minimum Gasteiger partial charge on any atom is -0.465 e. The first-order valence-corrected chi connectivity index (χ1v) is 9.98. The molecule has 1 fully saturated rings. The molecule has 1 unspecified atom stereocenters. The number of ether oxygens (including phenoxy) is 1. The van der Waals surface area contributed by atoms with Gasteiger partial charge in [-0.05, 0) is 43.0 Å². The number of rotatable bonds is 4. The average molecular weight is 397 g/mol. The molecule has 144 valence electrons. The number of nitrogens with one attached hydrogen (secondary N) is 1. The summed E-state index contributed by atoms with van der Waals surface area (Å²) in [5.41, 5.74) is 1.46. The lowest BCUT2D eigenvalue weighted by Crippen LogP contribution is -2.44. The molecule has 7 nitrogen and oxygen atoms in total. The maximum Gasteiger partial charge on any atom is 0.410 e. The first-order valence-electron chi connectivity index (χ1n) is 9.17. The summed E-state index contributed by atoms with van der Waals surface area (Å²) in [5, 5.41) is 12.9. The molecule has 0 saturated carbocycles. The van der Waals surface area contributed by atoms with Gasteiger partial charge in [0.2, 0.25) is 5.91 Å². The molecule has 1 saturated heterocycles. The monoisotopic (exact) mass is 397 g/mol. The van der Waals surface area contributed by atoms with Crippen LogP contribution in [0, 0.1) is 11.3 Å². The molecular weight excluding hydrogens is 378 g/mol. The molecule has 2 aromatic heterocycles. The van der Waals surface area contributed by atoms with E-state index in [0.717, 1.165) is 30.0 Å². The van der Waals surface area contributed by atoms with Crippen LogP contribution in [0.4, 0.5) is 9.80 Å². The summed E-state index contributed by atoms with van der Waals surface area (Å²) in [6.07, 6.45) is 6.97. The number of carbonyl (C=O) groups excluding carboxylic acids is 2. The number of anilines is 1. The van der Waals surface area contributed by atoms with Gasteiger partial charge in [0.15, 0.2) is 0 Å². The molecule has 1 atom stereocenters. The first kappa shape index (κ1) is 18.3. The van der Waals surface area contributed by atoms with Gasteiger partial charge in [-0.3, -0.25) is 4.79 Å². The van der Waals surface area contributed by atoms with Gasteiger partial charge < -0.3 is 19.4 Å². The highest BCUT2D eigenvalue weighted by atomic mass is 32.1. The van der Waals surface area contributed by atoms with Crippen LogP contribution < -0.4 is 5.32 Å². The summed E-state index contributed by atoms with van der Waals surface area (Å²) in [5.74, 6) is 0.250. The highest BCUT2D eigenvalue weighted by Gasteiger charge is 2.30. The summed E-state index contributed by atoms with van der Waals surface area (Å²) in [6, 6.07) is 5.69. The molecular formula is C20H19N3O4S. The van der Waals surface area contributed by atoms with Gasteiger partial charge in [0.1, 0.15) is 22.9 Å². The Morgan fingerprint density at radius 2 is 2.29 bits per heavy atom. The van der Waals surface area contributed by atoms with Crippen molar-refractivity contribution in [2.24, 2.45) is 0 Å². The summed E-state index contributed by atoms with van der Waals surface area (Å²) in [7, 11) is 0. The number of furan rings is 1. The van der Waals surface area contributed by atoms with E-state index in [0.29, 0.717) is 35.6 Å². The van der Waals surface area contributed by atoms with Gasteiger partial charge in [-0.1, -0.05) is 0 Å². The number of likely N-dealkylation sites (tertiary alicyclic amines) is 1. The SMILES string of the molecule is N#Cc1c(NC(=O)C=Cc2ccco2)sc2c1CCC(OC(=O)N1CCC1)C2. The van der Waals surface area contributed by atoms with Crippen molar-refractivity contribution in [2.45, 2.75) is 31.8 Å². The second-order valence-electron chi connectivity index (χ2n) is 6.75. The minimum atomic E-state index is -0.327. The predicted molar refractivity (Wildman–Crippen MR) is 104 cm³/mol. The van der Waals surface area contributed by atoms with E-state index in [1.807, 2.05) is 0 Å². The molecule has 2 aliphatic rings. The van der Waals surface area contributed by atoms with Crippen LogP contribution in [0.3, 0.4) is 0 Å². The third-order valence-electron chi connectivity index (χ3n) is 4.89. The van der Waals surface area contributed by atoms with Crippen LogP contribution in [0.25, 0.3) is 6.08 Å². The number of thiophene rings is 1. The van der Waals surface area contributed by atoms with Crippen molar-refractivity contribution < 1.29 is 18.7 Å². The molecule has 0 radical (unpaired) electrons. The van der Waals surface area contributed by atoms with Crippen LogP contribution in [0.1, 0.15) is 34.6 Å². The maximum atomic E-state index is 12.2. The van der Waals surface area contributed by atoms with E-state index in [4.69, 9.17) is 9.15 Å². The fourth-order valence-corrected chi connectivity index (χ4v) is 4.54. The average Bonchev–Trinajstić information content (AvgIpc) is 3.25. The standard InChI is InChI=1S/C20H19N3O4S/c21-12-16-15-6-4-14(27-20(25)23-8-2-9-23)11-17(15)28-19(16)22-18(24)7-5-13-3-1-10-26-13/h1,3,5,7,10,14H,2,4,6,8-9,11H2,(H,22,24). The van der Waals surface area contributed by atoms with Crippen LogP contribution in [0.15, 0.2) is 28.9 Å². The summed E-state index contributed by atoms with van der Waals surface area (Å²) >= 11 is 1.38. The van der Waals surface area contributed by atoms with Crippen molar-refractivity contribution in [3.8, 4) is 6.07 Å². The molecule has 1 N–H and O–H groups in total. The molecule has 2 amide bonds. The predicted octanol–water partition coefficient (Wildman–Crippen LogP) is 3.56. The largest absolute Gasteiger partial charge is 0.465 e. The molecule has 8 heteroatoms. The Balaban J connectivity index is 1.43. The maximum absolute atomic E-state index is 12.2. The fourth-order valence-electron chi connectivity index (χ4n) is 3.28. The van der Waals surface area contributed by atoms with Crippen molar-refractivity contribution in [3.05, 3.63) is 46.2 Å². The number of fused-ring (bicyclic) bond motifs is 1. The number of amides is 2. The number of nitrogens with zero attached hydrogens (tertiary/aromatic N) is 2. The Hall–Kier alpha value is -3.05. The summed E-state index contributed by atoms with van der Waals surface area (Å²) in [6.45, 7) is 1.52. The van der Waals surface area contributed by atoms with Crippen LogP contribution in [0.5, 0.6) is 0 Å². The lowest BCUT2D eigenvalue weighted by molar-refractivity contribution is -0.111. The van der Waals surface area contributed by atoms with Crippen LogP contribution in [0.2, 0.25) is 0 Å². The second kappa shape index (κ2) is 7.90. The zero-order valence-electron chi connectivity index (χ0n) is 15.1. The molecule has 1 aliphatic heterocycles. The van der Waals surface area contributed by atoms with Gasteiger partial charge in [0, 0.05) is 30.5 Å². The van der Waals surface area contributed by atoms with Gasteiger partial charge in [0.05, 0.1) is 11.8 Å². The third-order valence-corrected chi connectivity index (χ3v) is 6.06. The Morgan fingerprint density at radius 3 is 2.96 bits per heavy atom. The number of hydrogen-bond acceptors (Lipinski definition) is 6. The molecule has 3 heterocycles. The summed E-state index contributed by atoms with van der Waals surface area (Å²) < 4.78 is 10.8. The molecule has 0 aromatic carbocycles. The fraction of sp³-hybridized carbons (Fsp3) is 0.350. The van der Waals surface area contributed by atoms with Crippen molar-refractivity contribution >= 4 is 34.4 Å². The van der Waals surface area contributed by atoms with Crippen LogP contribution in [-0.2, 0) is 22.4 Å². The second-order valence-corrected chi connectivity index (χ2v) is 7.85. The molecule has 0 bridgehead atoms. The normalized spacial score (nSPS) is 18.2. The van der Waals surface area contributed by atoms with Crippen molar-refractivity contribution in [2.75, 3.05) is 18.4 Å². The van der Waals surface area contributed by atoms with Gasteiger partial charge in [-0.25, -0.2) is 4.79 Å². The van der Waals surface area contributed by atoms with E-state index in [2.05, 4.69) is 11.4 Å². The minimum absolute atomic E-state index is 0.187. The first-order chi connectivity index (χ1) is 13.6. The molecule has 28 heavy (non-hydrogen) atoms. The quantitative estimate of drug-likeness (QED) is 0.796. The van der Waals surface area contributed by atoms with Crippen molar-refractivity contribution in [1.29, 1.82) is 5.26 Å². The van der Waals surface area contributed by atoms with Crippen molar-refractivity contribution in [1.82, 2.24) is 4.90 Å². The van der Waals surface area contributed by atoms with Crippen molar-refractivity contribution in [3.63, 3.8) is 0 Å². The van der Waals surface area contributed by atoms with E-state index < -0.39 is 0 Å². The Labute approximate surface area is 166 Å². The van der Waals surface area contributed by atoms with E-state index in [-0.39, 0.29) is 18.1 Å². The van der Waals surface area contributed by atoms with Gasteiger partial charge in [0.25, 0.3) is 0 Å². The Bertz CT molecular complexity index is 951. The topological polar surface area (TPSA) is 95.6 Å². The Kier molecular flexibility index (Phi) is 5.17. The highest BCUT2D eigenvalue weighted by molar-refractivity contribution is 7.16. The smallest absolute Gasteiger partial charge is 0.410 e. The highest BCUT2D eigenvalue weighted by Crippen LogP contribution is 2.38. The number of hydrogen-bond donors (Lipinski definition) is 1. The number of carbonyl (C=O) groups is 2. The van der Waals surface area contributed by atoms with E-state index in [1.54, 1.807) is 23.1 Å². The van der Waals surface area contributed by atoms with Crippen LogP contribution >= 0.6 is 11.3 Å².